The highest BCUT2D eigenvalue weighted by atomic mass is 16.9. The zero-order chi connectivity index (χ0) is 12.5. The second-order valence-electron chi connectivity index (χ2n) is 3.04. The van der Waals surface area contributed by atoms with E-state index in [1.165, 1.54) is 7.11 Å². The van der Waals surface area contributed by atoms with Crippen molar-refractivity contribution in [2.24, 2.45) is 0 Å². The molecule has 6 nitrogen and oxygen atoms in total. The smallest absolute Gasteiger partial charge is 0.147 e. The lowest BCUT2D eigenvalue weighted by Gasteiger charge is -2.23. The molecular weight excluding hydrogens is 226 g/mol. The van der Waals surface area contributed by atoms with Gasteiger partial charge in [-0.15, -0.1) is 5.23 Å². The Balaban J connectivity index is 2.78. The molecule has 0 aromatic heterocycles. The summed E-state index contributed by atoms with van der Waals surface area (Å²) in [6, 6.07) is 7.12. The molecule has 0 heterocycles. The minimum Gasteiger partial charge on any atom is -0.494 e. The number of anilines is 1. The lowest BCUT2D eigenvalue weighted by molar-refractivity contribution is -0.103. The molecule has 6 heteroatoms. The Kier molecular flexibility index (Phi) is 6.34. The second-order valence-corrected chi connectivity index (χ2v) is 3.04. The predicted octanol–water partition coefficient (Wildman–Crippen LogP) is 0.349. The summed E-state index contributed by atoms with van der Waals surface area (Å²) >= 11 is 0. The Hall–Kier alpha value is -1.34. The van der Waals surface area contributed by atoms with Gasteiger partial charge >= 0.3 is 0 Å². The van der Waals surface area contributed by atoms with Gasteiger partial charge in [-0.3, -0.25) is 0 Å². The highest BCUT2D eigenvalue weighted by Gasteiger charge is 2.13. The first kappa shape index (κ1) is 13.7. The van der Waals surface area contributed by atoms with Crippen LogP contribution in [0.25, 0.3) is 0 Å². The van der Waals surface area contributed by atoms with E-state index in [1.807, 2.05) is 6.07 Å². The molecule has 0 radical (unpaired) electrons. The van der Waals surface area contributed by atoms with E-state index < -0.39 is 0 Å². The van der Waals surface area contributed by atoms with E-state index in [0.717, 1.165) is 5.23 Å². The molecular formula is C11H17NO5. The van der Waals surface area contributed by atoms with Crippen LogP contribution in [0.2, 0.25) is 0 Å². The Morgan fingerprint density at radius 3 is 2.18 bits per heavy atom. The fraction of sp³-hybridized carbons (Fsp3) is 0.455. The molecule has 0 aliphatic carbocycles. The first-order valence-electron chi connectivity index (χ1n) is 5.24. The molecule has 0 saturated heterocycles. The molecule has 1 aromatic rings. The van der Waals surface area contributed by atoms with Crippen molar-refractivity contribution in [2.75, 3.05) is 38.8 Å². The number of hydrogen-bond acceptors (Lipinski definition) is 6. The summed E-state index contributed by atoms with van der Waals surface area (Å²) in [5.41, 5.74) is 0.567. The lowest BCUT2D eigenvalue weighted by Crippen LogP contribution is -2.27. The molecule has 1 aromatic carbocycles. The number of rotatable bonds is 8. The number of benzene rings is 1. The third-order valence-electron chi connectivity index (χ3n) is 1.88. The number of aliphatic hydroxyl groups is 2. The van der Waals surface area contributed by atoms with Gasteiger partial charge in [0.25, 0.3) is 0 Å². The van der Waals surface area contributed by atoms with Crippen LogP contribution >= 0.6 is 0 Å². The Bertz CT molecular complexity index is 312. The number of aliphatic hydroxyl groups excluding tert-OH is 2. The first-order valence-corrected chi connectivity index (χ1v) is 5.24. The van der Waals surface area contributed by atoms with Crippen molar-refractivity contribution < 1.29 is 24.6 Å². The highest BCUT2D eigenvalue weighted by Crippen LogP contribution is 2.27. The van der Waals surface area contributed by atoms with Crippen LogP contribution in [-0.4, -0.2) is 43.8 Å². The number of hydrogen-bond donors (Lipinski definition) is 2. The van der Waals surface area contributed by atoms with Crippen LogP contribution in [0, 0.1) is 0 Å². The largest absolute Gasteiger partial charge is 0.494 e. The van der Waals surface area contributed by atoms with Crippen molar-refractivity contribution in [1.29, 1.82) is 0 Å². The van der Waals surface area contributed by atoms with E-state index in [4.69, 9.17) is 24.6 Å². The van der Waals surface area contributed by atoms with E-state index in [0.29, 0.717) is 11.4 Å². The molecule has 96 valence electrons. The minimum atomic E-state index is -0.131. The summed E-state index contributed by atoms with van der Waals surface area (Å²) in [4.78, 5) is 10.4. The molecule has 2 N–H and O–H groups in total. The zero-order valence-corrected chi connectivity index (χ0v) is 9.70. The van der Waals surface area contributed by atoms with Gasteiger partial charge < -0.3 is 14.9 Å². The van der Waals surface area contributed by atoms with Crippen molar-refractivity contribution >= 4 is 5.69 Å². The molecule has 0 spiro atoms. The van der Waals surface area contributed by atoms with Crippen molar-refractivity contribution in [3.8, 4) is 5.75 Å². The molecule has 0 fully saturated rings. The standard InChI is InChI=1S/C11H17NO5/c1-15-11-5-3-2-4-10(11)12(16-8-6-13)17-9-7-14/h2-5,13-14H,6-9H2,1H3. The third-order valence-corrected chi connectivity index (χ3v) is 1.88. The molecule has 1 rings (SSSR count). The van der Waals surface area contributed by atoms with E-state index in [1.54, 1.807) is 18.2 Å². The van der Waals surface area contributed by atoms with E-state index in [-0.39, 0.29) is 26.4 Å². The van der Waals surface area contributed by atoms with Gasteiger partial charge in [-0.2, -0.15) is 0 Å². The van der Waals surface area contributed by atoms with Crippen LogP contribution < -0.4 is 9.96 Å². The molecule has 0 atom stereocenters. The number of para-hydroxylation sites is 2. The van der Waals surface area contributed by atoms with Gasteiger partial charge in [0.1, 0.15) is 24.7 Å². The average molecular weight is 243 g/mol. The van der Waals surface area contributed by atoms with Crippen LogP contribution in [0.15, 0.2) is 24.3 Å². The number of ether oxygens (including phenoxy) is 1. The van der Waals surface area contributed by atoms with Crippen LogP contribution in [-0.2, 0) is 9.68 Å². The van der Waals surface area contributed by atoms with Crippen molar-refractivity contribution in [1.82, 2.24) is 0 Å². The zero-order valence-electron chi connectivity index (χ0n) is 9.70. The quantitative estimate of drug-likeness (QED) is 0.642. The second kappa shape index (κ2) is 7.86. The van der Waals surface area contributed by atoms with Crippen LogP contribution in [0.1, 0.15) is 0 Å². The van der Waals surface area contributed by atoms with E-state index >= 15 is 0 Å². The molecule has 0 unspecified atom stereocenters. The van der Waals surface area contributed by atoms with Gasteiger partial charge in [0.2, 0.25) is 0 Å². The van der Waals surface area contributed by atoms with Crippen LogP contribution in [0.3, 0.4) is 0 Å². The monoisotopic (exact) mass is 243 g/mol. The van der Waals surface area contributed by atoms with Gasteiger partial charge in [-0.25, -0.2) is 9.68 Å². The summed E-state index contributed by atoms with van der Waals surface area (Å²) in [5, 5.41) is 18.6. The van der Waals surface area contributed by atoms with Crippen LogP contribution in [0.5, 0.6) is 5.75 Å². The molecule has 0 saturated carbocycles. The maximum Gasteiger partial charge on any atom is 0.147 e. The Labute approximate surface area is 99.9 Å². The molecule has 0 aliphatic heterocycles. The molecule has 0 aliphatic rings. The van der Waals surface area contributed by atoms with Gasteiger partial charge in [-0.1, -0.05) is 12.1 Å². The number of nitrogens with zero attached hydrogens (tertiary/aromatic N) is 1. The average Bonchev–Trinajstić information content (AvgIpc) is 2.39. The van der Waals surface area contributed by atoms with Gasteiger partial charge in [0.05, 0.1) is 20.3 Å². The summed E-state index contributed by atoms with van der Waals surface area (Å²) in [6.45, 7) is -0.0881. The van der Waals surface area contributed by atoms with Gasteiger partial charge in [-0.05, 0) is 12.1 Å². The molecule has 0 amide bonds. The number of methoxy groups -OCH3 is 1. The summed E-state index contributed by atoms with van der Waals surface area (Å²) in [6.07, 6.45) is 0. The topological polar surface area (TPSA) is 71.4 Å². The van der Waals surface area contributed by atoms with Gasteiger partial charge in [0, 0.05) is 0 Å². The fourth-order valence-electron chi connectivity index (χ4n) is 1.20. The van der Waals surface area contributed by atoms with Gasteiger partial charge in [0.15, 0.2) is 0 Å². The fourth-order valence-corrected chi connectivity index (χ4v) is 1.20. The van der Waals surface area contributed by atoms with E-state index in [9.17, 15) is 0 Å². The maximum absolute atomic E-state index is 8.73. The summed E-state index contributed by atoms with van der Waals surface area (Å²) < 4.78 is 5.16. The van der Waals surface area contributed by atoms with Crippen LogP contribution in [0.4, 0.5) is 5.69 Å². The third kappa shape index (κ3) is 4.20. The molecule has 17 heavy (non-hydrogen) atoms. The van der Waals surface area contributed by atoms with Crippen molar-refractivity contribution in [3.63, 3.8) is 0 Å². The summed E-state index contributed by atoms with van der Waals surface area (Å²) in [5.74, 6) is 0.573. The Morgan fingerprint density at radius 1 is 1.06 bits per heavy atom. The van der Waals surface area contributed by atoms with Crippen molar-refractivity contribution in [3.05, 3.63) is 24.3 Å². The minimum absolute atomic E-state index is 0.0868. The maximum atomic E-state index is 8.73. The molecule has 0 bridgehead atoms. The first-order chi connectivity index (χ1) is 8.33. The van der Waals surface area contributed by atoms with Crippen molar-refractivity contribution in [2.45, 2.75) is 0 Å². The SMILES string of the molecule is COc1ccccc1N(OCCO)OCCO. The normalized spacial score (nSPS) is 10.3. The van der Waals surface area contributed by atoms with E-state index in [2.05, 4.69) is 0 Å². The lowest BCUT2D eigenvalue weighted by atomic mass is 10.3. The summed E-state index contributed by atoms with van der Waals surface area (Å²) in [7, 11) is 1.54. The highest BCUT2D eigenvalue weighted by molar-refractivity contribution is 5.55. The predicted molar refractivity (Wildman–Crippen MR) is 61.5 cm³/mol. The Morgan fingerprint density at radius 2 is 1.65 bits per heavy atom.